The van der Waals surface area contributed by atoms with Crippen molar-refractivity contribution in [3.05, 3.63) is 71.4 Å². The van der Waals surface area contributed by atoms with E-state index in [1.165, 1.54) is 0 Å². The molecule has 1 aliphatic rings. The second-order valence-corrected chi connectivity index (χ2v) is 12.3. The molecule has 1 heterocycles. The Balaban J connectivity index is 1.69. The number of carbonyl (C=O) groups excluding carboxylic acids is 5. The minimum atomic E-state index is -1.37. The van der Waals surface area contributed by atoms with Gasteiger partial charge in [0.15, 0.2) is 0 Å². The van der Waals surface area contributed by atoms with Crippen LogP contribution in [0.1, 0.15) is 63.3 Å². The number of H-pyrrole nitrogens is 1. The van der Waals surface area contributed by atoms with E-state index >= 15 is 0 Å². The first-order valence-corrected chi connectivity index (χ1v) is 15.0. The zero-order chi connectivity index (χ0) is 32.2. The van der Waals surface area contributed by atoms with Crippen molar-refractivity contribution in [3.8, 4) is 0 Å². The lowest BCUT2D eigenvalue weighted by Crippen LogP contribution is -2.66. The summed E-state index contributed by atoms with van der Waals surface area (Å²) in [6.45, 7) is 7.41. The monoisotopic (exact) mass is 602 g/mol. The van der Waals surface area contributed by atoms with E-state index in [9.17, 15) is 24.0 Å². The van der Waals surface area contributed by atoms with E-state index < -0.39 is 59.5 Å². The molecule has 11 heteroatoms. The van der Waals surface area contributed by atoms with Crippen LogP contribution in [0.2, 0.25) is 0 Å². The Hall–Kier alpha value is -4.67. The first kappa shape index (κ1) is 32.2. The molecule has 0 saturated carbocycles. The minimum Gasteiger partial charge on any atom is -0.370 e. The fourth-order valence-electron chi connectivity index (χ4n) is 6.07. The van der Waals surface area contributed by atoms with Crippen LogP contribution >= 0.6 is 0 Å². The lowest BCUT2D eigenvalue weighted by Gasteiger charge is -2.39. The van der Waals surface area contributed by atoms with Gasteiger partial charge in [-0.3, -0.25) is 24.0 Å². The number of nitrogens with two attached hydrogens (primary N) is 2. The highest BCUT2D eigenvalue weighted by Crippen LogP contribution is 2.36. The number of primary amides is 2. The van der Waals surface area contributed by atoms with E-state index in [1.54, 1.807) is 13.8 Å². The molecular weight excluding hydrogens is 560 g/mol. The van der Waals surface area contributed by atoms with E-state index in [4.69, 9.17) is 11.5 Å². The number of aromatic nitrogens is 1. The average molecular weight is 603 g/mol. The van der Waals surface area contributed by atoms with Crippen LogP contribution in [0, 0.1) is 11.8 Å². The third-order valence-electron chi connectivity index (χ3n) is 8.39. The van der Waals surface area contributed by atoms with Crippen LogP contribution in [-0.4, -0.2) is 52.1 Å². The summed E-state index contributed by atoms with van der Waals surface area (Å²) in [6.07, 6.45) is 0.527. The van der Waals surface area contributed by atoms with Gasteiger partial charge in [-0.25, -0.2) is 0 Å². The SMILES string of the molecule is CC(C)C(C(=O)N[C@]1(C(=O)N[C@H](C(=O)N[C@@H](CC(N)=O)C(N)=O)C(C)C)CCc2[nH]c3ccccc3c2C1)c1ccccc1. The van der Waals surface area contributed by atoms with Gasteiger partial charge >= 0.3 is 0 Å². The number of para-hydroxylation sites is 1. The molecule has 1 aliphatic carbocycles. The summed E-state index contributed by atoms with van der Waals surface area (Å²) >= 11 is 0. The number of amides is 5. The van der Waals surface area contributed by atoms with Crippen LogP contribution in [0.15, 0.2) is 54.6 Å². The molecule has 1 unspecified atom stereocenters. The smallest absolute Gasteiger partial charge is 0.246 e. The third kappa shape index (κ3) is 6.93. The number of aromatic amines is 1. The van der Waals surface area contributed by atoms with Gasteiger partial charge in [-0.2, -0.15) is 0 Å². The molecule has 3 aromatic rings. The highest BCUT2D eigenvalue weighted by Gasteiger charge is 2.46. The van der Waals surface area contributed by atoms with Crippen LogP contribution in [0.3, 0.4) is 0 Å². The summed E-state index contributed by atoms with van der Waals surface area (Å²) in [5, 5.41) is 9.43. The molecule has 234 valence electrons. The normalized spacial score (nSPS) is 18.2. The molecule has 1 aromatic heterocycles. The van der Waals surface area contributed by atoms with Crippen LogP contribution in [-0.2, 0) is 36.8 Å². The number of fused-ring (bicyclic) bond motifs is 3. The Morgan fingerprint density at radius 2 is 1.52 bits per heavy atom. The highest BCUT2D eigenvalue weighted by molar-refractivity contribution is 5.99. The van der Waals surface area contributed by atoms with Crippen molar-refractivity contribution < 1.29 is 24.0 Å². The van der Waals surface area contributed by atoms with Gasteiger partial charge < -0.3 is 32.4 Å². The molecule has 0 radical (unpaired) electrons. The van der Waals surface area contributed by atoms with E-state index in [0.29, 0.717) is 12.8 Å². The summed E-state index contributed by atoms with van der Waals surface area (Å²) in [4.78, 5) is 68.6. The Labute approximate surface area is 256 Å². The molecule has 0 aliphatic heterocycles. The molecule has 5 amide bonds. The summed E-state index contributed by atoms with van der Waals surface area (Å²) in [5.41, 5.74) is 13.0. The van der Waals surface area contributed by atoms with E-state index in [1.807, 2.05) is 68.4 Å². The number of hydrogen-bond acceptors (Lipinski definition) is 5. The first-order chi connectivity index (χ1) is 20.8. The molecule has 0 saturated heterocycles. The Bertz CT molecular complexity index is 1550. The first-order valence-electron chi connectivity index (χ1n) is 15.0. The number of aryl methyl sites for hydroxylation is 1. The van der Waals surface area contributed by atoms with Gasteiger partial charge in [0, 0.05) is 23.0 Å². The molecule has 4 rings (SSSR count). The molecule has 4 atom stereocenters. The molecule has 8 N–H and O–H groups in total. The maximum absolute atomic E-state index is 14.4. The maximum atomic E-state index is 14.4. The molecule has 0 bridgehead atoms. The molecule has 0 fully saturated rings. The van der Waals surface area contributed by atoms with Crippen molar-refractivity contribution in [2.75, 3.05) is 0 Å². The third-order valence-corrected chi connectivity index (χ3v) is 8.39. The number of nitrogens with one attached hydrogen (secondary N) is 4. The zero-order valence-electron chi connectivity index (χ0n) is 25.6. The molecule has 2 aromatic carbocycles. The minimum absolute atomic E-state index is 0.0602. The van der Waals surface area contributed by atoms with Crippen LogP contribution in [0.25, 0.3) is 10.9 Å². The van der Waals surface area contributed by atoms with E-state index in [0.717, 1.165) is 27.7 Å². The Morgan fingerprint density at radius 1 is 0.864 bits per heavy atom. The van der Waals surface area contributed by atoms with Gasteiger partial charge in [-0.1, -0.05) is 76.2 Å². The quantitative estimate of drug-likeness (QED) is 0.184. The number of benzene rings is 2. The molecular formula is C33H42N6O5. The number of carbonyl (C=O) groups is 5. The number of hydrogen-bond donors (Lipinski definition) is 6. The standard InChI is InChI=1S/C33H42N6O5/c1-18(2)27(20-10-6-5-7-11-20)30(42)39-33(15-14-24-22(17-33)21-12-8-9-13-23(21)36-24)32(44)38-28(19(3)4)31(43)37-25(29(35)41)16-26(34)40/h5-13,18-19,25,27-28,36H,14-17H2,1-4H3,(H2,34,40)(H2,35,41)(H,37,43)(H,38,44)(H,39,42)/t25-,27?,28-,33+/m0/s1. The van der Waals surface area contributed by atoms with Gasteiger partial charge in [0.25, 0.3) is 0 Å². The summed E-state index contributed by atoms with van der Waals surface area (Å²) in [6, 6.07) is 14.8. The highest BCUT2D eigenvalue weighted by atomic mass is 16.2. The fraction of sp³-hybridized carbons (Fsp3) is 0.424. The Kier molecular flexibility index (Phi) is 9.76. The summed E-state index contributed by atoms with van der Waals surface area (Å²) < 4.78 is 0. The maximum Gasteiger partial charge on any atom is 0.246 e. The van der Waals surface area contributed by atoms with Crippen molar-refractivity contribution in [2.24, 2.45) is 23.3 Å². The second kappa shape index (κ2) is 13.3. The fourth-order valence-corrected chi connectivity index (χ4v) is 6.07. The Morgan fingerprint density at radius 3 is 2.14 bits per heavy atom. The van der Waals surface area contributed by atoms with Crippen LogP contribution in [0.4, 0.5) is 0 Å². The van der Waals surface area contributed by atoms with Crippen LogP contribution < -0.4 is 27.4 Å². The predicted octanol–water partition coefficient (Wildman–Crippen LogP) is 1.94. The number of rotatable bonds is 12. The largest absolute Gasteiger partial charge is 0.370 e. The van der Waals surface area contributed by atoms with E-state index in [2.05, 4.69) is 20.9 Å². The lowest BCUT2D eigenvalue weighted by atomic mass is 9.77. The zero-order valence-corrected chi connectivity index (χ0v) is 25.6. The average Bonchev–Trinajstić information content (AvgIpc) is 3.33. The van der Waals surface area contributed by atoms with Crippen molar-refractivity contribution in [1.82, 2.24) is 20.9 Å². The lowest BCUT2D eigenvalue weighted by molar-refractivity contribution is -0.138. The van der Waals surface area contributed by atoms with Crippen molar-refractivity contribution in [2.45, 2.75) is 76.9 Å². The van der Waals surface area contributed by atoms with Gasteiger partial charge in [0.1, 0.15) is 17.6 Å². The van der Waals surface area contributed by atoms with Gasteiger partial charge in [0.2, 0.25) is 29.5 Å². The van der Waals surface area contributed by atoms with Crippen molar-refractivity contribution in [3.63, 3.8) is 0 Å². The molecule has 11 nitrogen and oxygen atoms in total. The second-order valence-electron chi connectivity index (χ2n) is 12.3. The van der Waals surface area contributed by atoms with Gasteiger partial charge in [0.05, 0.1) is 12.3 Å². The van der Waals surface area contributed by atoms with E-state index in [-0.39, 0.29) is 18.2 Å². The predicted molar refractivity (Wildman–Crippen MR) is 167 cm³/mol. The van der Waals surface area contributed by atoms with Crippen molar-refractivity contribution in [1.29, 1.82) is 0 Å². The molecule has 44 heavy (non-hydrogen) atoms. The van der Waals surface area contributed by atoms with Gasteiger partial charge in [-0.15, -0.1) is 0 Å². The summed E-state index contributed by atoms with van der Waals surface area (Å²) in [7, 11) is 0. The topological polar surface area (TPSA) is 189 Å². The summed E-state index contributed by atoms with van der Waals surface area (Å²) in [5.74, 6) is -4.21. The molecule has 0 spiro atoms. The van der Waals surface area contributed by atoms with Crippen LogP contribution in [0.5, 0.6) is 0 Å². The van der Waals surface area contributed by atoms with Crippen molar-refractivity contribution >= 4 is 40.4 Å². The van der Waals surface area contributed by atoms with Gasteiger partial charge in [-0.05, 0) is 41.9 Å².